The first-order valence-electron chi connectivity index (χ1n) is 7.91. The minimum absolute atomic E-state index is 0.449. The number of anilines is 1. The molecule has 0 radical (unpaired) electrons. The second kappa shape index (κ2) is 6.15. The highest BCUT2D eigenvalue weighted by atomic mass is 16.5. The van der Waals surface area contributed by atoms with Crippen molar-refractivity contribution >= 4 is 5.69 Å². The number of fused-ring (bicyclic) bond motifs is 2. The number of para-hydroxylation sites is 1. The minimum atomic E-state index is 0.449. The molecule has 3 heteroatoms. The summed E-state index contributed by atoms with van der Waals surface area (Å²) in [4.78, 5) is 2.53. The molecule has 2 saturated heterocycles. The molecule has 1 N–H and O–H groups in total. The van der Waals surface area contributed by atoms with Crippen LogP contribution in [0.4, 0.5) is 5.69 Å². The molecule has 2 aliphatic rings. The summed E-state index contributed by atoms with van der Waals surface area (Å²) in [6.45, 7) is 8.64. The van der Waals surface area contributed by atoms with E-state index < -0.39 is 0 Å². The highest BCUT2D eigenvalue weighted by Gasteiger charge is 2.34. The summed E-state index contributed by atoms with van der Waals surface area (Å²) >= 11 is 0. The molecule has 2 heterocycles. The summed E-state index contributed by atoms with van der Waals surface area (Å²) in [7, 11) is 0. The molecule has 0 aliphatic carbocycles. The van der Waals surface area contributed by atoms with E-state index in [9.17, 15) is 0 Å². The van der Waals surface area contributed by atoms with Gasteiger partial charge in [-0.05, 0) is 36.9 Å². The van der Waals surface area contributed by atoms with Gasteiger partial charge in [-0.15, -0.1) is 0 Å². The summed E-state index contributed by atoms with van der Waals surface area (Å²) in [5, 5.41) is 3.56. The fraction of sp³-hybridized carbons (Fsp3) is 0.647. The van der Waals surface area contributed by atoms with Gasteiger partial charge in [-0.25, -0.2) is 0 Å². The van der Waals surface area contributed by atoms with Gasteiger partial charge in [0.25, 0.3) is 0 Å². The zero-order valence-electron chi connectivity index (χ0n) is 12.6. The highest BCUT2D eigenvalue weighted by Crippen LogP contribution is 2.31. The van der Waals surface area contributed by atoms with Crippen molar-refractivity contribution in [2.45, 2.75) is 45.4 Å². The molecule has 1 aromatic rings. The smallest absolute Gasteiger partial charge is 0.0755 e. The molecule has 0 amide bonds. The maximum Gasteiger partial charge on any atom is 0.0755 e. The number of nitrogens with one attached hydrogen (secondary N) is 1. The van der Waals surface area contributed by atoms with E-state index in [1.807, 2.05) is 0 Å². The first kappa shape index (κ1) is 13.9. The zero-order valence-corrected chi connectivity index (χ0v) is 12.6. The van der Waals surface area contributed by atoms with Crippen LogP contribution in [0.2, 0.25) is 0 Å². The van der Waals surface area contributed by atoms with Gasteiger partial charge < -0.3 is 15.0 Å². The van der Waals surface area contributed by atoms with Crippen LogP contribution in [-0.4, -0.2) is 31.8 Å². The van der Waals surface area contributed by atoms with Gasteiger partial charge in [-0.1, -0.05) is 32.0 Å². The largest absolute Gasteiger partial charge is 0.371 e. The molecule has 2 atom stereocenters. The summed E-state index contributed by atoms with van der Waals surface area (Å²) in [5.74, 6) is 0.696. The number of hydrogen-bond acceptors (Lipinski definition) is 3. The van der Waals surface area contributed by atoms with Crippen LogP contribution in [0, 0.1) is 5.92 Å². The third-order valence-electron chi connectivity index (χ3n) is 4.24. The number of ether oxygens (including phenoxy) is 1. The van der Waals surface area contributed by atoms with Crippen LogP contribution in [0.1, 0.15) is 32.3 Å². The third kappa shape index (κ3) is 3.15. The standard InChI is InChI=1S/C17H26N2O/c1-13(2)9-18-10-14-5-3-4-6-17(14)19-11-15-7-8-16(12-19)20-15/h3-6,13,15-16,18H,7-12H2,1-2H3. The SMILES string of the molecule is CC(C)CNCc1ccccc1N1CC2CCC(C1)O2. The normalized spacial score (nSPS) is 25.4. The number of rotatable bonds is 5. The van der Waals surface area contributed by atoms with Gasteiger partial charge in [0.1, 0.15) is 0 Å². The quantitative estimate of drug-likeness (QED) is 0.893. The lowest BCUT2D eigenvalue weighted by Crippen LogP contribution is -2.43. The topological polar surface area (TPSA) is 24.5 Å². The Kier molecular flexibility index (Phi) is 4.27. The lowest BCUT2D eigenvalue weighted by atomic mass is 10.1. The van der Waals surface area contributed by atoms with Crippen molar-refractivity contribution in [2.75, 3.05) is 24.5 Å². The number of nitrogens with zero attached hydrogens (tertiary/aromatic N) is 1. The third-order valence-corrected chi connectivity index (χ3v) is 4.24. The van der Waals surface area contributed by atoms with Gasteiger partial charge in [0.15, 0.2) is 0 Å². The van der Waals surface area contributed by atoms with Crippen molar-refractivity contribution in [2.24, 2.45) is 5.92 Å². The van der Waals surface area contributed by atoms with Crippen LogP contribution in [0.5, 0.6) is 0 Å². The molecular formula is C17H26N2O. The number of benzene rings is 1. The van der Waals surface area contributed by atoms with Gasteiger partial charge in [-0.2, -0.15) is 0 Å². The predicted molar refractivity (Wildman–Crippen MR) is 83.1 cm³/mol. The molecule has 110 valence electrons. The molecule has 20 heavy (non-hydrogen) atoms. The molecule has 0 aromatic heterocycles. The Morgan fingerprint density at radius 1 is 1.20 bits per heavy atom. The fourth-order valence-electron chi connectivity index (χ4n) is 3.28. The van der Waals surface area contributed by atoms with E-state index in [-0.39, 0.29) is 0 Å². The minimum Gasteiger partial charge on any atom is -0.371 e. The van der Waals surface area contributed by atoms with E-state index in [0.717, 1.165) is 26.2 Å². The van der Waals surface area contributed by atoms with E-state index in [1.165, 1.54) is 24.1 Å². The zero-order chi connectivity index (χ0) is 13.9. The summed E-state index contributed by atoms with van der Waals surface area (Å²) in [6, 6.07) is 8.81. The molecule has 2 bridgehead atoms. The molecule has 3 rings (SSSR count). The van der Waals surface area contributed by atoms with Crippen LogP contribution in [-0.2, 0) is 11.3 Å². The van der Waals surface area contributed by atoms with Crippen molar-refractivity contribution in [3.05, 3.63) is 29.8 Å². The van der Waals surface area contributed by atoms with Crippen LogP contribution in [0.3, 0.4) is 0 Å². The Morgan fingerprint density at radius 3 is 2.60 bits per heavy atom. The first-order chi connectivity index (χ1) is 9.72. The van der Waals surface area contributed by atoms with Gasteiger partial charge in [0, 0.05) is 25.3 Å². The second-order valence-corrected chi connectivity index (χ2v) is 6.52. The van der Waals surface area contributed by atoms with E-state index in [0.29, 0.717) is 18.1 Å². The first-order valence-corrected chi connectivity index (χ1v) is 7.91. The van der Waals surface area contributed by atoms with Gasteiger partial charge >= 0.3 is 0 Å². The van der Waals surface area contributed by atoms with E-state index in [1.54, 1.807) is 0 Å². The van der Waals surface area contributed by atoms with Crippen molar-refractivity contribution < 1.29 is 4.74 Å². The number of hydrogen-bond donors (Lipinski definition) is 1. The maximum absolute atomic E-state index is 5.94. The van der Waals surface area contributed by atoms with Crippen molar-refractivity contribution in [3.8, 4) is 0 Å². The fourth-order valence-corrected chi connectivity index (χ4v) is 3.28. The lowest BCUT2D eigenvalue weighted by molar-refractivity contribution is 0.0304. The van der Waals surface area contributed by atoms with Gasteiger partial charge in [-0.3, -0.25) is 0 Å². The average Bonchev–Trinajstić information content (AvgIpc) is 2.78. The highest BCUT2D eigenvalue weighted by molar-refractivity contribution is 5.54. The van der Waals surface area contributed by atoms with Crippen molar-refractivity contribution in [3.63, 3.8) is 0 Å². The van der Waals surface area contributed by atoms with Crippen LogP contribution in [0.25, 0.3) is 0 Å². The van der Waals surface area contributed by atoms with E-state index >= 15 is 0 Å². The average molecular weight is 274 g/mol. The second-order valence-electron chi connectivity index (χ2n) is 6.52. The molecular weight excluding hydrogens is 248 g/mol. The van der Waals surface area contributed by atoms with E-state index in [4.69, 9.17) is 4.74 Å². The summed E-state index contributed by atoms with van der Waals surface area (Å²) in [6.07, 6.45) is 3.36. The van der Waals surface area contributed by atoms with Gasteiger partial charge in [0.2, 0.25) is 0 Å². The van der Waals surface area contributed by atoms with Gasteiger partial charge in [0.05, 0.1) is 12.2 Å². The Labute approximate surface area is 122 Å². The maximum atomic E-state index is 5.94. The predicted octanol–water partition coefficient (Wildman–Crippen LogP) is 2.80. The summed E-state index contributed by atoms with van der Waals surface area (Å²) in [5.41, 5.74) is 2.80. The Hall–Kier alpha value is -1.06. The molecule has 1 aromatic carbocycles. The lowest BCUT2D eigenvalue weighted by Gasteiger charge is -2.35. The Balaban J connectivity index is 1.69. The summed E-state index contributed by atoms with van der Waals surface area (Å²) < 4.78 is 5.94. The van der Waals surface area contributed by atoms with Crippen LogP contribution >= 0.6 is 0 Å². The Morgan fingerprint density at radius 2 is 1.90 bits per heavy atom. The van der Waals surface area contributed by atoms with Crippen LogP contribution in [0.15, 0.2) is 24.3 Å². The molecule has 0 saturated carbocycles. The van der Waals surface area contributed by atoms with Crippen LogP contribution < -0.4 is 10.2 Å². The number of morpholine rings is 1. The monoisotopic (exact) mass is 274 g/mol. The molecule has 2 fully saturated rings. The molecule has 0 spiro atoms. The molecule has 3 nitrogen and oxygen atoms in total. The van der Waals surface area contributed by atoms with E-state index in [2.05, 4.69) is 48.3 Å². The Bertz CT molecular complexity index is 434. The molecule has 2 unspecified atom stereocenters. The van der Waals surface area contributed by atoms with Crippen molar-refractivity contribution in [1.82, 2.24) is 5.32 Å². The van der Waals surface area contributed by atoms with Crippen molar-refractivity contribution in [1.29, 1.82) is 0 Å². The molecule has 2 aliphatic heterocycles.